The SMILES string of the molecule is COc1cc[nH+]c(CN2CCC3(CC2)Cc2cc(-c4ccc(NC(=O)N5CCOCC5)cc4)ccc2O3)c1. The van der Waals surface area contributed by atoms with Crippen molar-refractivity contribution in [2.24, 2.45) is 0 Å². The van der Waals surface area contributed by atoms with Crippen molar-refractivity contribution in [3.63, 3.8) is 0 Å². The number of rotatable bonds is 5. The minimum atomic E-state index is -0.108. The summed E-state index contributed by atoms with van der Waals surface area (Å²) in [6.07, 6.45) is 4.91. The first-order valence-electron chi connectivity index (χ1n) is 13.4. The highest BCUT2D eigenvalue weighted by Gasteiger charge is 2.42. The molecule has 3 aliphatic heterocycles. The number of ether oxygens (including phenoxy) is 3. The molecule has 3 aromatic rings. The zero-order valence-corrected chi connectivity index (χ0v) is 21.9. The van der Waals surface area contributed by atoms with E-state index < -0.39 is 0 Å². The van der Waals surface area contributed by atoms with E-state index in [4.69, 9.17) is 14.2 Å². The van der Waals surface area contributed by atoms with Crippen molar-refractivity contribution in [3.8, 4) is 22.6 Å². The fourth-order valence-electron chi connectivity index (χ4n) is 5.68. The number of morpholine rings is 1. The number of nitrogens with one attached hydrogen (secondary N) is 2. The van der Waals surface area contributed by atoms with Crippen LogP contribution in [0.25, 0.3) is 11.1 Å². The van der Waals surface area contributed by atoms with Crippen molar-refractivity contribution in [3.05, 3.63) is 72.1 Å². The van der Waals surface area contributed by atoms with Gasteiger partial charge in [0, 0.05) is 63.3 Å². The number of hydrogen-bond acceptors (Lipinski definition) is 5. The molecular formula is C30H35N4O4+. The summed E-state index contributed by atoms with van der Waals surface area (Å²) in [4.78, 5) is 20.1. The first-order chi connectivity index (χ1) is 18.6. The number of carbonyl (C=O) groups excluding carboxylic acids is 1. The van der Waals surface area contributed by atoms with Gasteiger partial charge in [0.2, 0.25) is 0 Å². The summed E-state index contributed by atoms with van der Waals surface area (Å²) in [5.41, 5.74) is 5.42. The smallest absolute Gasteiger partial charge is 0.321 e. The summed E-state index contributed by atoms with van der Waals surface area (Å²) in [6.45, 7) is 5.33. The number of nitrogens with zero attached hydrogens (tertiary/aromatic N) is 2. The summed E-state index contributed by atoms with van der Waals surface area (Å²) in [5, 5.41) is 2.99. The van der Waals surface area contributed by atoms with Gasteiger partial charge in [0.1, 0.15) is 17.1 Å². The highest BCUT2D eigenvalue weighted by molar-refractivity contribution is 5.89. The number of aromatic nitrogens is 1. The van der Waals surface area contributed by atoms with Gasteiger partial charge < -0.3 is 24.4 Å². The third kappa shape index (κ3) is 5.33. The van der Waals surface area contributed by atoms with Crippen LogP contribution in [-0.2, 0) is 17.7 Å². The Labute approximate surface area is 223 Å². The number of hydrogen-bond donors (Lipinski definition) is 1. The van der Waals surface area contributed by atoms with Crippen LogP contribution in [-0.4, -0.2) is 67.9 Å². The molecule has 2 fully saturated rings. The molecule has 0 bridgehead atoms. The number of amides is 2. The third-order valence-corrected chi connectivity index (χ3v) is 7.90. The maximum absolute atomic E-state index is 12.5. The van der Waals surface area contributed by atoms with Crippen molar-refractivity contribution in [2.75, 3.05) is 51.8 Å². The van der Waals surface area contributed by atoms with Crippen molar-refractivity contribution >= 4 is 11.7 Å². The molecule has 0 saturated carbocycles. The van der Waals surface area contributed by atoms with Crippen LogP contribution in [0, 0.1) is 0 Å². The van der Waals surface area contributed by atoms with Gasteiger partial charge in [0.25, 0.3) is 0 Å². The van der Waals surface area contributed by atoms with E-state index in [9.17, 15) is 4.79 Å². The highest BCUT2D eigenvalue weighted by Crippen LogP contribution is 2.42. The molecule has 6 rings (SSSR count). The van der Waals surface area contributed by atoms with Crippen LogP contribution in [0.2, 0.25) is 0 Å². The Morgan fingerprint density at radius 2 is 1.76 bits per heavy atom. The Balaban J connectivity index is 1.06. The predicted octanol–water partition coefficient (Wildman–Crippen LogP) is 4.01. The van der Waals surface area contributed by atoms with Crippen LogP contribution >= 0.6 is 0 Å². The van der Waals surface area contributed by atoms with Crippen LogP contribution in [0.15, 0.2) is 60.8 Å². The van der Waals surface area contributed by atoms with Gasteiger partial charge in [0.15, 0.2) is 11.9 Å². The minimum absolute atomic E-state index is 0.0753. The fraction of sp³-hybridized carbons (Fsp3) is 0.400. The van der Waals surface area contributed by atoms with Crippen LogP contribution in [0.3, 0.4) is 0 Å². The molecule has 0 atom stereocenters. The van der Waals surface area contributed by atoms with Gasteiger partial charge in [-0.2, -0.15) is 0 Å². The maximum Gasteiger partial charge on any atom is 0.321 e. The standard InChI is InChI=1S/C30H34N4O4/c1-36-27-8-11-31-26(19-27)21-33-12-9-30(10-13-33)20-24-18-23(4-7-28(24)38-30)22-2-5-25(6-3-22)32-29(35)34-14-16-37-17-15-34/h2-8,11,18-19H,9-10,12-17,20-21H2,1H3,(H,32,35)/p+1. The number of piperidine rings is 1. The number of H-pyrrole nitrogens is 1. The topological polar surface area (TPSA) is 77.4 Å². The van der Waals surface area contributed by atoms with Crippen molar-refractivity contribution in [1.82, 2.24) is 9.80 Å². The molecule has 1 spiro atoms. The molecule has 2 aromatic carbocycles. The molecule has 3 aliphatic rings. The molecule has 0 radical (unpaired) electrons. The van der Waals surface area contributed by atoms with E-state index in [0.717, 1.165) is 67.3 Å². The third-order valence-electron chi connectivity index (χ3n) is 7.90. The summed E-state index contributed by atoms with van der Waals surface area (Å²) in [6, 6.07) is 18.5. The average molecular weight is 516 g/mol. The molecule has 0 aliphatic carbocycles. The van der Waals surface area contributed by atoms with Crippen LogP contribution in [0.5, 0.6) is 11.5 Å². The summed E-state index contributed by atoms with van der Waals surface area (Å²) in [7, 11) is 1.70. The Hall–Kier alpha value is -3.62. The lowest BCUT2D eigenvalue weighted by Crippen LogP contribution is -2.47. The Morgan fingerprint density at radius 1 is 1.00 bits per heavy atom. The van der Waals surface area contributed by atoms with E-state index in [1.54, 1.807) is 12.0 Å². The van der Waals surface area contributed by atoms with Gasteiger partial charge >= 0.3 is 6.03 Å². The number of urea groups is 1. The largest absolute Gasteiger partial charge is 0.496 e. The van der Waals surface area contributed by atoms with E-state index in [-0.39, 0.29) is 11.6 Å². The lowest BCUT2D eigenvalue weighted by molar-refractivity contribution is -0.393. The number of anilines is 1. The average Bonchev–Trinajstić information content (AvgIpc) is 3.32. The highest BCUT2D eigenvalue weighted by atomic mass is 16.5. The fourth-order valence-corrected chi connectivity index (χ4v) is 5.68. The summed E-state index contributed by atoms with van der Waals surface area (Å²) >= 11 is 0. The molecule has 8 nitrogen and oxygen atoms in total. The van der Waals surface area contributed by atoms with Gasteiger partial charge in [-0.3, -0.25) is 4.90 Å². The molecule has 8 heteroatoms. The lowest BCUT2D eigenvalue weighted by Gasteiger charge is -2.38. The molecule has 38 heavy (non-hydrogen) atoms. The normalized spacial score (nSPS) is 18.6. The molecule has 4 heterocycles. The second-order valence-corrected chi connectivity index (χ2v) is 10.4. The molecule has 1 aromatic heterocycles. The van der Waals surface area contributed by atoms with E-state index in [2.05, 4.69) is 51.6 Å². The predicted molar refractivity (Wildman–Crippen MR) is 144 cm³/mol. The molecule has 0 unspecified atom stereocenters. The summed E-state index contributed by atoms with van der Waals surface area (Å²) < 4.78 is 17.3. The zero-order chi connectivity index (χ0) is 26.0. The van der Waals surface area contributed by atoms with Crippen molar-refractivity contribution in [2.45, 2.75) is 31.4 Å². The molecule has 2 amide bonds. The van der Waals surface area contributed by atoms with Gasteiger partial charge in [-0.1, -0.05) is 18.2 Å². The van der Waals surface area contributed by atoms with Gasteiger partial charge in [-0.15, -0.1) is 0 Å². The molecule has 2 N–H and O–H groups in total. The Morgan fingerprint density at radius 3 is 2.53 bits per heavy atom. The number of methoxy groups -OCH3 is 1. The van der Waals surface area contributed by atoms with Crippen LogP contribution < -0.4 is 19.8 Å². The lowest BCUT2D eigenvalue weighted by atomic mass is 9.86. The van der Waals surface area contributed by atoms with Crippen molar-refractivity contribution in [1.29, 1.82) is 0 Å². The Bertz CT molecular complexity index is 1280. The van der Waals surface area contributed by atoms with E-state index in [1.807, 2.05) is 24.4 Å². The summed E-state index contributed by atoms with van der Waals surface area (Å²) in [5.74, 6) is 1.89. The van der Waals surface area contributed by atoms with E-state index in [1.165, 1.54) is 11.1 Å². The number of aromatic amines is 1. The number of carbonyl (C=O) groups is 1. The van der Waals surface area contributed by atoms with Gasteiger partial charge in [-0.25, -0.2) is 9.78 Å². The quantitative estimate of drug-likeness (QED) is 0.556. The second-order valence-electron chi connectivity index (χ2n) is 10.4. The first-order valence-corrected chi connectivity index (χ1v) is 13.4. The zero-order valence-electron chi connectivity index (χ0n) is 21.9. The molecular weight excluding hydrogens is 480 g/mol. The number of fused-ring (bicyclic) bond motifs is 1. The Kier molecular flexibility index (Phi) is 6.91. The number of benzene rings is 2. The minimum Gasteiger partial charge on any atom is -0.496 e. The van der Waals surface area contributed by atoms with Gasteiger partial charge in [0.05, 0.1) is 26.9 Å². The van der Waals surface area contributed by atoms with Crippen LogP contribution in [0.4, 0.5) is 10.5 Å². The van der Waals surface area contributed by atoms with E-state index in [0.29, 0.717) is 26.3 Å². The first kappa shape index (κ1) is 24.7. The molecule has 2 saturated heterocycles. The van der Waals surface area contributed by atoms with Gasteiger partial charge in [-0.05, 0) is 41.0 Å². The second kappa shape index (κ2) is 10.6. The number of likely N-dealkylation sites (tertiary alicyclic amines) is 1. The van der Waals surface area contributed by atoms with E-state index >= 15 is 0 Å². The molecule has 198 valence electrons. The maximum atomic E-state index is 12.5. The van der Waals surface area contributed by atoms with Crippen LogP contribution in [0.1, 0.15) is 24.1 Å². The monoisotopic (exact) mass is 515 g/mol. The number of pyridine rings is 1. The van der Waals surface area contributed by atoms with Crippen molar-refractivity contribution < 1.29 is 24.0 Å².